The Hall–Kier alpha value is -2.24. The largest absolute Gasteiger partial charge is 0.463 e. The Morgan fingerprint density at radius 2 is 1.96 bits per heavy atom. The molecule has 0 spiro atoms. The topological polar surface area (TPSA) is 58.6 Å². The van der Waals surface area contributed by atoms with Gasteiger partial charge >= 0.3 is 5.97 Å². The molecule has 1 unspecified atom stereocenters. The predicted octanol–water partition coefficient (Wildman–Crippen LogP) is 4.53. The minimum Gasteiger partial charge on any atom is -0.463 e. The van der Waals surface area contributed by atoms with E-state index in [-0.39, 0.29) is 18.4 Å². The first kappa shape index (κ1) is 19.5. The van der Waals surface area contributed by atoms with Crippen LogP contribution in [0, 0.1) is 13.8 Å². The molecule has 0 saturated carbocycles. The van der Waals surface area contributed by atoms with Crippen LogP contribution in [0.3, 0.4) is 0 Å². The zero-order chi connectivity index (χ0) is 19.8. The number of benzene rings is 2. The van der Waals surface area contributed by atoms with Gasteiger partial charge in [0.1, 0.15) is 0 Å². The van der Waals surface area contributed by atoms with Gasteiger partial charge in [0.25, 0.3) is 5.91 Å². The summed E-state index contributed by atoms with van der Waals surface area (Å²) in [6, 6.07) is 10.6. The SMILES string of the molecule is CCOC(=O)C1(CCl)Nc2cc(C)cc(C)c2C(=O)N1c1ccccc1Cl. The normalized spacial score (nSPS) is 18.7. The minimum atomic E-state index is -1.60. The maximum atomic E-state index is 13.5. The van der Waals surface area contributed by atoms with Gasteiger partial charge in [-0.1, -0.05) is 29.8 Å². The van der Waals surface area contributed by atoms with Crippen molar-refractivity contribution in [2.75, 3.05) is 22.7 Å². The quantitative estimate of drug-likeness (QED) is 0.598. The summed E-state index contributed by atoms with van der Waals surface area (Å²) >= 11 is 12.6. The highest BCUT2D eigenvalue weighted by atomic mass is 35.5. The molecule has 5 nitrogen and oxygen atoms in total. The third-order valence-corrected chi connectivity index (χ3v) is 5.23. The Morgan fingerprint density at radius 3 is 2.59 bits per heavy atom. The molecule has 1 heterocycles. The van der Waals surface area contributed by atoms with E-state index in [9.17, 15) is 9.59 Å². The molecule has 1 atom stereocenters. The average Bonchev–Trinajstić information content (AvgIpc) is 2.61. The van der Waals surface area contributed by atoms with Crippen LogP contribution in [0.25, 0.3) is 0 Å². The van der Waals surface area contributed by atoms with E-state index in [1.54, 1.807) is 31.2 Å². The lowest BCUT2D eigenvalue weighted by molar-refractivity contribution is -0.147. The molecular formula is C20H20Cl2N2O3. The first-order valence-electron chi connectivity index (χ1n) is 8.57. The highest BCUT2D eigenvalue weighted by molar-refractivity contribution is 6.35. The number of alkyl halides is 1. The second-order valence-electron chi connectivity index (χ2n) is 6.44. The van der Waals surface area contributed by atoms with Gasteiger partial charge in [-0.15, -0.1) is 11.6 Å². The lowest BCUT2D eigenvalue weighted by Gasteiger charge is -2.45. The van der Waals surface area contributed by atoms with Gasteiger partial charge in [0, 0.05) is 5.69 Å². The predicted molar refractivity (Wildman–Crippen MR) is 108 cm³/mol. The summed E-state index contributed by atoms with van der Waals surface area (Å²) in [6.07, 6.45) is 0. The standard InChI is InChI=1S/C20H20Cl2N2O3/c1-4-27-19(26)20(11-21)23-15-10-12(2)9-13(3)17(15)18(25)24(20)16-8-6-5-7-14(16)22/h5-10,23H,4,11H2,1-3H3. The smallest absolute Gasteiger partial charge is 0.354 e. The van der Waals surface area contributed by atoms with Gasteiger partial charge < -0.3 is 10.1 Å². The summed E-state index contributed by atoms with van der Waals surface area (Å²) in [7, 11) is 0. The van der Waals surface area contributed by atoms with Crippen molar-refractivity contribution in [1.82, 2.24) is 0 Å². The molecule has 0 fully saturated rings. The van der Waals surface area contributed by atoms with Gasteiger partial charge in [-0.25, -0.2) is 4.79 Å². The number of nitrogens with zero attached hydrogens (tertiary/aromatic N) is 1. The fraction of sp³-hybridized carbons (Fsp3) is 0.300. The van der Waals surface area contributed by atoms with Crippen LogP contribution in [0.5, 0.6) is 0 Å². The molecule has 0 saturated heterocycles. The lowest BCUT2D eigenvalue weighted by Crippen LogP contribution is -2.67. The number of hydrogen-bond donors (Lipinski definition) is 1. The second-order valence-corrected chi connectivity index (χ2v) is 7.11. The third kappa shape index (κ3) is 3.15. The number of para-hydroxylation sites is 1. The van der Waals surface area contributed by atoms with Crippen LogP contribution in [0.1, 0.15) is 28.4 Å². The maximum Gasteiger partial charge on any atom is 0.354 e. The van der Waals surface area contributed by atoms with Crippen molar-refractivity contribution < 1.29 is 14.3 Å². The van der Waals surface area contributed by atoms with E-state index < -0.39 is 11.6 Å². The van der Waals surface area contributed by atoms with Gasteiger partial charge in [0.2, 0.25) is 5.66 Å². The molecule has 2 aromatic carbocycles. The molecule has 27 heavy (non-hydrogen) atoms. The van der Waals surface area contributed by atoms with Gasteiger partial charge in [-0.3, -0.25) is 9.69 Å². The van der Waals surface area contributed by atoms with Gasteiger partial charge in [0.05, 0.1) is 28.8 Å². The van der Waals surface area contributed by atoms with Crippen LogP contribution in [0.4, 0.5) is 11.4 Å². The number of carbonyl (C=O) groups excluding carboxylic acids is 2. The zero-order valence-electron chi connectivity index (χ0n) is 15.3. The molecule has 0 aromatic heterocycles. The van der Waals surface area contributed by atoms with Crippen molar-refractivity contribution in [2.24, 2.45) is 0 Å². The summed E-state index contributed by atoms with van der Waals surface area (Å²) in [6.45, 7) is 5.64. The van der Waals surface area contributed by atoms with Crippen LogP contribution >= 0.6 is 23.2 Å². The molecule has 1 aliphatic rings. The Labute approximate surface area is 168 Å². The first-order valence-corrected chi connectivity index (χ1v) is 9.48. The minimum absolute atomic E-state index is 0.156. The molecule has 0 bridgehead atoms. The second kappa shape index (κ2) is 7.41. The molecule has 142 valence electrons. The van der Waals surface area contributed by atoms with E-state index in [1.165, 1.54) is 4.90 Å². The molecular weight excluding hydrogens is 387 g/mol. The number of esters is 1. The van der Waals surface area contributed by atoms with E-state index in [1.807, 2.05) is 26.0 Å². The van der Waals surface area contributed by atoms with Crippen LogP contribution in [-0.4, -0.2) is 30.0 Å². The van der Waals surface area contributed by atoms with Crippen LogP contribution in [0.15, 0.2) is 36.4 Å². The summed E-state index contributed by atoms with van der Waals surface area (Å²) < 4.78 is 5.27. The van der Waals surface area contributed by atoms with E-state index in [0.29, 0.717) is 22.0 Å². The van der Waals surface area contributed by atoms with Crippen molar-refractivity contribution in [3.63, 3.8) is 0 Å². The number of hydrogen-bond acceptors (Lipinski definition) is 4. The zero-order valence-corrected chi connectivity index (χ0v) is 16.8. The molecule has 0 aliphatic carbocycles. The van der Waals surface area contributed by atoms with Crippen molar-refractivity contribution in [1.29, 1.82) is 0 Å². The number of anilines is 2. The van der Waals surface area contributed by atoms with Crippen molar-refractivity contribution in [3.05, 3.63) is 58.1 Å². The van der Waals surface area contributed by atoms with Crippen LogP contribution < -0.4 is 10.2 Å². The van der Waals surface area contributed by atoms with Crippen LogP contribution in [-0.2, 0) is 9.53 Å². The Morgan fingerprint density at radius 1 is 1.26 bits per heavy atom. The summed E-state index contributed by atoms with van der Waals surface area (Å²) in [5.41, 5.74) is 1.57. The number of amides is 1. The summed E-state index contributed by atoms with van der Waals surface area (Å²) in [4.78, 5) is 27.8. The van der Waals surface area contributed by atoms with E-state index in [4.69, 9.17) is 27.9 Å². The highest BCUT2D eigenvalue weighted by Gasteiger charge is 2.53. The summed E-state index contributed by atoms with van der Waals surface area (Å²) in [5, 5.41) is 3.51. The number of halogens is 2. The van der Waals surface area contributed by atoms with Gasteiger partial charge in [-0.2, -0.15) is 0 Å². The third-order valence-electron chi connectivity index (χ3n) is 4.52. The Balaban J connectivity index is 2.30. The number of ether oxygens (including phenoxy) is 1. The number of rotatable bonds is 4. The average molecular weight is 407 g/mol. The maximum absolute atomic E-state index is 13.5. The first-order chi connectivity index (χ1) is 12.9. The van der Waals surface area contributed by atoms with E-state index >= 15 is 0 Å². The van der Waals surface area contributed by atoms with Gasteiger partial charge in [0.15, 0.2) is 0 Å². The number of fused-ring (bicyclic) bond motifs is 1. The molecule has 1 amide bonds. The fourth-order valence-electron chi connectivity index (χ4n) is 3.40. The van der Waals surface area contributed by atoms with E-state index in [0.717, 1.165) is 11.1 Å². The van der Waals surface area contributed by atoms with Crippen molar-refractivity contribution >= 4 is 46.5 Å². The van der Waals surface area contributed by atoms with E-state index in [2.05, 4.69) is 5.32 Å². The summed E-state index contributed by atoms with van der Waals surface area (Å²) in [5.74, 6) is -1.21. The Kier molecular flexibility index (Phi) is 5.36. The van der Waals surface area contributed by atoms with Crippen molar-refractivity contribution in [2.45, 2.75) is 26.4 Å². The lowest BCUT2D eigenvalue weighted by atomic mass is 9.94. The number of nitrogens with one attached hydrogen (secondary N) is 1. The molecule has 2 aromatic rings. The number of aryl methyl sites for hydroxylation is 2. The highest BCUT2D eigenvalue weighted by Crippen LogP contribution is 2.41. The monoisotopic (exact) mass is 406 g/mol. The molecule has 7 heteroatoms. The van der Waals surface area contributed by atoms with Crippen LogP contribution in [0.2, 0.25) is 5.02 Å². The van der Waals surface area contributed by atoms with Gasteiger partial charge in [-0.05, 0) is 50.1 Å². The molecule has 1 aliphatic heterocycles. The Bertz CT molecular complexity index is 916. The molecule has 1 N–H and O–H groups in total. The fourth-order valence-corrected chi connectivity index (χ4v) is 3.92. The number of carbonyl (C=O) groups is 2. The molecule has 0 radical (unpaired) electrons. The molecule has 3 rings (SSSR count). The van der Waals surface area contributed by atoms with Crippen molar-refractivity contribution in [3.8, 4) is 0 Å².